The second kappa shape index (κ2) is 9.32. The number of rotatable bonds is 8. The lowest BCUT2D eigenvalue weighted by Crippen LogP contribution is -2.44. The van der Waals surface area contributed by atoms with Gasteiger partial charge >= 0.3 is 0 Å². The predicted molar refractivity (Wildman–Crippen MR) is 109 cm³/mol. The molecule has 1 heterocycles. The minimum atomic E-state index is -3.49. The van der Waals surface area contributed by atoms with Crippen LogP contribution in [0.15, 0.2) is 51.0 Å². The zero-order chi connectivity index (χ0) is 19.9. The summed E-state index contributed by atoms with van der Waals surface area (Å²) in [6.07, 6.45) is 0. The highest BCUT2D eigenvalue weighted by molar-refractivity contribution is 7.89. The van der Waals surface area contributed by atoms with Crippen molar-refractivity contribution in [3.8, 4) is 0 Å². The van der Waals surface area contributed by atoms with Gasteiger partial charge < -0.3 is 15.7 Å². The second-order valence-electron chi connectivity index (χ2n) is 6.19. The average molecular weight is 411 g/mol. The Bertz CT molecular complexity index is 862. The number of nitrogens with one attached hydrogen (secondary N) is 3. The molecule has 1 aromatic carbocycles. The van der Waals surface area contributed by atoms with Crippen LogP contribution in [0.4, 0.5) is 0 Å². The van der Waals surface area contributed by atoms with Gasteiger partial charge in [-0.2, -0.15) is 11.3 Å². The molecule has 0 spiro atoms. The first kappa shape index (κ1) is 21.4. The molecule has 2 aromatic rings. The molecule has 0 aliphatic rings. The van der Waals surface area contributed by atoms with E-state index < -0.39 is 15.6 Å². The first-order valence-electron chi connectivity index (χ1n) is 8.58. The molecule has 7 nitrogen and oxygen atoms in total. The Kier molecular flexibility index (Phi) is 7.37. The molecule has 0 amide bonds. The molecule has 1 unspecified atom stereocenters. The monoisotopic (exact) mass is 410 g/mol. The summed E-state index contributed by atoms with van der Waals surface area (Å²) in [4.78, 5) is 4.69. The molecule has 1 atom stereocenters. The van der Waals surface area contributed by atoms with Crippen LogP contribution in [0.25, 0.3) is 0 Å². The minimum absolute atomic E-state index is 0.205. The summed E-state index contributed by atoms with van der Waals surface area (Å²) >= 11 is 1.54. The Morgan fingerprint density at radius 3 is 2.70 bits per heavy atom. The van der Waals surface area contributed by atoms with Crippen LogP contribution in [-0.2, 0) is 22.2 Å². The maximum atomic E-state index is 11.9. The van der Waals surface area contributed by atoms with Crippen LogP contribution in [0.1, 0.15) is 25.0 Å². The van der Waals surface area contributed by atoms with Gasteiger partial charge in [0.2, 0.25) is 10.0 Å². The van der Waals surface area contributed by atoms with Crippen molar-refractivity contribution < 1.29 is 13.5 Å². The predicted octanol–water partition coefficient (Wildman–Crippen LogP) is 1.62. The molecule has 4 N–H and O–H groups in total. The van der Waals surface area contributed by atoms with E-state index >= 15 is 0 Å². The summed E-state index contributed by atoms with van der Waals surface area (Å²) in [5.74, 6) is 0.551. The number of nitrogens with zero attached hydrogens (tertiary/aromatic N) is 1. The van der Waals surface area contributed by atoms with Gasteiger partial charge in [0.15, 0.2) is 5.96 Å². The molecular formula is C18H26N4O3S2. The third kappa shape index (κ3) is 6.03. The fraction of sp³-hybridized carbons (Fsp3) is 0.389. The molecular weight excluding hydrogens is 384 g/mol. The van der Waals surface area contributed by atoms with Crippen molar-refractivity contribution in [3.05, 3.63) is 52.2 Å². The summed E-state index contributed by atoms with van der Waals surface area (Å²) in [7, 11) is -2.10. The number of hydrogen-bond acceptors (Lipinski definition) is 5. The highest BCUT2D eigenvalue weighted by atomic mass is 32.2. The first-order valence-corrected chi connectivity index (χ1v) is 11.0. The third-order valence-electron chi connectivity index (χ3n) is 3.98. The van der Waals surface area contributed by atoms with E-state index in [-0.39, 0.29) is 4.90 Å². The molecule has 9 heteroatoms. The van der Waals surface area contributed by atoms with Crippen molar-refractivity contribution in [2.45, 2.75) is 30.9 Å². The number of benzene rings is 1. The van der Waals surface area contributed by atoms with Gasteiger partial charge in [-0.05, 0) is 61.0 Å². The largest absolute Gasteiger partial charge is 0.384 e. The van der Waals surface area contributed by atoms with Gasteiger partial charge in [0.1, 0.15) is 5.60 Å². The highest BCUT2D eigenvalue weighted by Gasteiger charge is 2.23. The van der Waals surface area contributed by atoms with Crippen molar-refractivity contribution in [3.63, 3.8) is 0 Å². The van der Waals surface area contributed by atoms with E-state index in [9.17, 15) is 13.5 Å². The van der Waals surface area contributed by atoms with Crippen molar-refractivity contribution >= 4 is 27.3 Å². The Balaban J connectivity index is 2.08. The number of hydrogen-bond donors (Lipinski definition) is 4. The molecule has 0 fully saturated rings. The summed E-state index contributed by atoms with van der Waals surface area (Å²) in [6.45, 7) is 4.97. The summed E-state index contributed by atoms with van der Waals surface area (Å²) in [5.41, 5.74) is 0.603. The van der Waals surface area contributed by atoms with Gasteiger partial charge in [0.25, 0.3) is 0 Å². The van der Waals surface area contributed by atoms with Crippen LogP contribution in [0.3, 0.4) is 0 Å². The van der Waals surface area contributed by atoms with Gasteiger partial charge in [-0.3, -0.25) is 0 Å². The van der Waals surface area contributed by atoms with Gasteiger partial charge in [0.05, 0.1) is 18.0 Å². The zero-order valence-electron chi connectivity index (χ0n) is 15.7. The van der Waals surface area contributed by atoms with Crippen LogP contribution in [0.2, 0.25) is 0 Å². The van der Waals surface area contributed by atoms with Gasteiger partial charge in [-0.1, -0.05) is 12.1 Å². The lowest BCUT2D eigenvalue weighted by molar-refractivity contribution is 0.0621. The van der Waals surface area contributed by atoms with Gasteiger partial charge in [-0.15, -0.1) is 0 Å². The Morgan fingerprint density at radius 1 is 1.30 bits per heavy atom. The molecule has 0 saturated carbocycles. The Labute approximate surface area is 164 Å². The Hall–Kier alpha value is -1.94. The van der Waals surface area contributed by atoms with Crippen molar-refractivity contribution in [1.29, 1.82) is 0 Å². The van der Waals surface area contributed by atoms with Crippen LogP contribution >= 0.6 is 11.3 Å². The topological polar surface area (TPSA) is 103 Å². The molecule has 27 heavy (non-hydrogen) atoms. The summed E-state index contributed by atoms with van der Waals surface area (Å²) < 4.78 is 26.1. The van der Waals surface area contributed by atoms with E-state index in [1.165, 1.54) is 18.4 Å². The molecule has 0 aliphatic carbocycles. The summed E-state index contributed by atoms with van der Waals surface area (Å²) in [5, 5.41) is 20.7. The van der Waals surface area contributed by atoms with E-state index in [2.05, 4.69) is 20.3 Å². The number of sulfonamides is 1. The highest BCUT2D eigenvalue weighted by Crippen LogP contribution is 2.22. The second-order valence-corrected chi connectivity index (χ2v) is 8.86. The molecule has 2 rings (SSSR count). The zero-order valence-corrected chi connectivity index (χ0v) is 17.3. The number of thiophene rings is 1. The maximum Gasteiger partial charge on any atom is 0.240 e. The van der Waals surface area contributed by atoms with E-state index in [0.717, 1.165) is 11.1 Å². The van der Waals surface area contributed by atoms with Crippen molar-refractivity contribution in [2.75, 3.05) is 20.1 Å². The van der Waals surface area contributed by atoms with E-state index in [4.69, 9.17) is 0 Å². The number of aliphatic hydroxyl groups is 1. The third-order valence-corrected chi connectivity index (χ3v) is 6.08. The Morgan fingerprint density at radius 2 is 2.07 bits per heavy atom. The van der Waals surface area contributed by atoms with Crippen LogP contribution in [-0.4, -0.2) is 39.6 Å². The fourth-order valence-corrected chi connectivity index (χ4v) is 3.95. The van der Waals surface area contributed by atoms with Crippen molar-refractivity contribution in [1.82, 2.24) is 15.4 Å². The van der Waals surface area contributed by atoms with Crippen LogP contribution in [0, 0.1) is 0 Å². The molecule has 0 saturated heterocycles. The van der Waals surface area contributed by atoms with E-state index in [0.29, 0.717) is 25.6 Å². The molecule has 1 aromatic heterocycles. The fourth-order valence-electron chi connectivity index (χ4n) is 2.37. The molecule has 0 radical (unpaired) electrons. The number of guanidine groups is 1. The lowest BCUT2D eigenvalue weighted by Gasteiger charge is -2.24. The van der Waals surface area contributed by atoms with Crippen molar-refractivity contribution in [2.24, 2.45) is 4.99 Å². The quantitative estimate of drug-likeness (QED) is 0.391. The minimum Gasteiger partial charge on any atom is -0.384 e. The maximum absolute atomic E-state index is 11.9. The lowest BCUT2D eigenvalue weighted by atomic mass is 9.99. The normalized spacial score (nSPS) is 14.6. The number of aliphatic imine (C=N–C) groups is 1. The average Bonchev–Trinajstić information content (AvgIpc) is 3.20. The van der Waals surface area contributed by atoms with Gasteiger partial charge in [-0.25, -0.2) is 18.1 Å². The molecule has 0 bridgehead atoms. The molecule has 0 aliphatic heterocycles. The smallest absolute Gasteiger partial charge is 0.240 e. The first-order chi connectivity index (χ1) is 12.8. The van der Waals surface area contributed by atoms with Gasteiger partial charge in [0, 0.05) is 6.54 Å². The SMILES string of the molecule is CCNC(=NCc1cccc(S(=O)(=O)NC)c1)NCC(C)(O)c1ccsc1. The molecule has 148 valence electrons. The van der Waals surface area contributed by atoms with Crippen LogP contribution in [0.5, 0.6) is 0 Å². The van der Waals surface area contributed by atoms with E-state index in [1.807, 2.05) is 29.8 Å². The summed E-state index contributed by atoms with van der Waals surface area (Å²) in [6, 6.07) is 8.55. The van der Waals surface area contributed by atoms with E-state index in [1.54, 1.807) is 25.1 Å². The van der Waals surface area contributed by atoms with Crippen LogP contribution < -0.4 is 15.4 Å². The standard InChI is InChI=1S/C18H26N4O3S2/c1-4-20-17(22-13-18(2,23)15-8-9-26-12-15)21-11-14-6-5-7-16(10-14)27(24,25)19-3/h5-10,12,19,23H,4,11,13H2,1-3H3,(H2,20,21,22).